The number of amidine groups is 1. The van der Waals surface area contributed by atoms with Crippen LogP contribution in [0.2, 0.25) is 0 Å². The molecule has 0 aromatic heterocycles. The molecule has 2 aliphatic heterocycles. The van der Waals surface area contributed by atoms with Gasteiger partial charge in [-0.25, -0.2) is 0 Å². The van der Waals surface area contributed by atoms with Crippen LogP contribution in [-0.2, 0) is 0 Å². The van der Waals surface area contributed by atoms with E-state index >= 15 is 0 Å². The van der Waals surface area contributed by atoms with Crippen molar-refractivity contribution in [2.24, 2.45) is 9.98 Å². The summed E-state index contributed by atoms with van der Waals surface area (Å²) < 4.78 is 0. The molecule has 3 rings (SSSR count). The topological polar surface area (TPSA) is 28.0 Å². The fourth-order valence-electron chi connectivity index (χ4n) is 2.22. The van der Waals surface area contributed by atoms with Gasteiger partial charge in [0.15, 0.2) is 0 Å². The second-order valence-electron chi connectivity index (χ2n) is 3.82. The number of fused-ring (bicyclic) bond motifs is 3. The van der Waals surface area contributed by atoms with Gasteiger partial charge in [0.2, 0.25) is 0 Å². The molecule has 14 heavy (non-hydrogen) atoms. The molecule has 72 valence electrons. The first-order chi connectivity index (χ1) is 6.95. The first-order valence-corrected chi connectivity index (χ1v) is 5.14. The normalized spacial score (nSPS) is 33.7. The monoisotopic (exact) mass is 187 g/mol. The van der Waals surface area contributed by atoms with E-state index in [2.05, 4.69) is 39.2 Å². The standard InChI is InChI=1S/C11H13N3/c1-2-5-10-9(4-1)13-8-11-12-6-3-7-14(10)11/h1-2,4-5,8-10H,3,6-7H2/t9-,10-/m0/s1. The third-order valence-electron chi connectivity index (χ3n) is 2.92. The van der Waals surface area contributed by atoms with Crippen molar-refractivity contribution in [2.45, 2.75) is 18.5 Å². The number of hydrogen-bond donors (Lipinski definition) is 0. The zero-order valence-corrected chi connectivity index (χ0v) is 8.00. The molecule has 0 amide bonds. The molecule has 0 saturated heterocycles. The van der Waals surface area contributed by atoms with Crippen LogP contribution >= 0.6 is 0 Å². The molecule has 0 aromatic rings. The lowest BCUT2D eigenvalue weighted by Gasteiger charge is -2.39. The lowest BCUT2D eigenvalue weighted by molar-refractivity contribution is 0.318. The van der Waals surface area contributed by atoms with Crippen LogP contribution in [0, 0.1) is 0 Å². The van der Waals surface area contributed by atoms with Crippen LogP contribution in [0.3, 0.4) is 0 Å². The van der Waals surface area contributed by atoms with Gasteiger partial charge in [0.1, 0.15) is 5.84 Å². The van der Waals surface area contributed by atoms with E-state index in [0.29, 0.717) is 12.1 Å². The molecular weight excluding hydrogens is 174 g/mol. The Balaban J connectivity index is 1.99. The summed E-state index contributed by atoms with van der Waals surface area (Å²) in [6.07, 6.45) is 11.6. The Bertz CT molecular complexity index is 352. The van der Waals surface area contributed by atoms with Crippen LogP contribution < -0.4 is 0 Å². The molecule has 0 aromatic carbocycles. The number of hydrogen-bond acceptors (Lipinski definition) is 3. The molecule has 2 atom stereocenters. The predicted octanol–water partition coefficient (Wildman–Crippen LogP) is 1.04. The maximum atomic E-state index is 4.50. The van der Waals surface area contributed by atoms with Crippen LogP contribution in [0.15, 0.2) is 34.3 Å². The molecule has 0 radical (unpaired) electrons. The highest BCUT2D eigenvalue weighted by atomic mass is 15.3. The van der Waals surface area contributed by atoms with E-state index in [1.54, 1.807) is 0 Å². The molecular formula is C11H13N3. The molecule has 0 saturated carbocycles. The fraction of sp³-hybridized carbons (Fsp3) is 0.455. The summed E-state index contributed by atoms with van der Waals surface area (Å²) in [5.74, 6) is 1.07. The molecule has 3 nitrogen and oxygen atoms in total. The van der Waals surface area contributed by atoms with Gasteiger partial charge < -0.3 is 4.90 Å². The maximum absolute atomic E-state index is 4.50. The van der Waals surface area contributed by atoms with Crippen molar-refractivity contribution >= 4 is 12.1 Å². The van der Waals surface area contributed by atoms with E-state index in [4.69, 9.17) is 0 Å². The largest absolute Gasteiger partial charge is 0.347 e. The van der Waals surface area contributed by atoms with E-state index < -0.39 is 0 Å². The average molecular weight is 187 g/mol. The lowest BCUT2D eigenvalue weighted by atomic mass is 9.99. The van der Waals surface area contributed by atoms with E-state index in [1.807, 2.05) is 6.21 Å². The minimum Gasteiger partial charge on any atom is -0.347 e. The van der Waals surface area contributed by atoms with E-state index in [1.165, 1.54) is 0 Å². The first kappa shape index (κ1) is 7.97. The molecule has 0 spiro atoms. The molecule has 0 bridgehead atoms. The van der Waals surface area contributed by atoms with Crippen molar-refractivity contribution in [3.05, 3.63) is 24.3 Å². The Hall–Kier alpha value is -1.38. The third kappa shape index (κ3) is 1.12. The van der Waals surface area contributed by atoms with Crippen molar-refractivity contribution in [3.8, 4) is 0 Å². The minimum absolute atomic E-state index is 0.303. The summed E-state index contributed by atoms with van der Waals surface area (Å²) >= 11 is 0. The molecule has 0 N–H and O–H groups in total. The number of rotatable bonds is 0. The Morgan fingerprint density at radius 1 is 1.29 bits per heavy atom. The van der Waals surface area contributed by atoms with Gasteiger partial charge >= 0.3 is 0 Å². The average Bonchev–Trinajstić information content (AvgIpc) is 2.29. The fourth-order valence-corrected chi connectivity index (χ4v) is 2.22. The third-order valence-corrected chi connectivity index (χ3v) is 2.92. The maximum Gasteiger partial charge on any atom is 0.142 e. The van der Waals surface area contributed by atoms with Gasteiger partial charge in [-0.1, -0.05) is 24.3 Å². The number of nitrogens with zero attached hydrogens (tertiary/aromatic N) is 3. The van der Waals surface area contributed by atoms with Gasteiger partial charge in [0.05, 0.1) is 18.3 Å². The predicted molar refractivity (Wildman–Crippen MR) is 58.0 cm³/mol. The Kier molecular flexibility index (Phi) is 1.76. The molecule has 1 aliphatic carbocycles. The summed E-state index contributed by atoms with van der Waals surface area (Å²) in [7, 11) is 0. The zero-order valence-electron chi connectivity index (χ0n) is 8.00. The van der Waals surface area contributed by atoms with Crippen molar-refractivity contribution in [1.29, 1.82) is 0 Å². The van der Waals surface area contributed by atoms with Crippen LogP contribution in [0.25, 0.3) is 0 Å². The quantitative estimate of drug-likeness (QED) is 0.557. The Labute approximate surface area is 83.5 Å². The first-order valence-electron chi connectivity index (χ1n) is 5.14. The van der Waals surface area contributed by atoms with Crippen molar-refractivity contribution in [2.75, 3.05) is 13.1 Å². The summed E-state index contributed by atoms with van der Waals surface area (Å²) in [4.78, 5) is 11.3. The molecule has 0 unspecified atom stereocenters. The lowest BCUT2D eigenvalue weighted by Crippen LogP contribution is -2.51. The minimum atomic E-state index is 0.303. The van der Waals surface area contributed by atoms with Crippen LogP contribution in [-0.4, -0.2) is 42.1 Å². The smallest absolute Gasteiger partial charge is 0.142 e. The summed E-state index contributed by atoms with van der Waals surface area (Å²) in [5.41, 5.74) is 0. The highest BCUT2D eigenvalue weighted by Gasteiger charge is 2.30. The Morgan fingerprint density at radius 3 is 3.21 bits per heavy atom. The number of aliphatic imine (C=N–C) groups is 2. The number of allylic oxidation sites excluding steroid dienone is 2. The van der Waals surface area contributed by atoms with Gasteiger partial charge in [0, 0.05) is 13.1 Å². The highest BCUT2D eigenvalue weighted by Crippen LogP contribution is 2.21. The molecule has 2 heterocycles. The van der Waals surface area contributed by atoms with Crippen LogP contribution in [0.4, 0.5) is 0 Å². The van der Waals surface area contributed by atoms with Crippen LogP contribution in [0.5, 0.6) is 0 Å². The summed E-state index contributed by atoms with van der Waals surface area (Å²) in [6, 6.07) is 0.709. The summed E-state index contributed by atoms with van der Waals surface area (Å²) in [6.45, 7) is 2.07. The SMILES string of the molecule is C1=C[C@@H]2N=CC3=NCCCN3[C@H]2C=C1. The molecule has 0 fully saturated rings. The Morgan fingerprint density at radius 2 is 2.21 bits per heavy atom. The second-order valence-corrected chi connectivity index (χ2v) is 3.82. The van der Waals surface area contributed by atoms with E-state index in [-0.39, 0.29) is 0 Å². The van der Waals surface area contributed by atoms with Gasteiger partial charge in [-0.15, -0.1) is 0 Å². The zero-order chi connectivity index (χ0) is 9.38. The highest BCUT2D eigenvalue weighted by molar-refractivity contribution is 6.30. The van der Waals surface area contributed by atoms with E-state index in [0.717, 1.165) is 25.3 Å². The van der Waals surface area contributed by atoms with Gasteiger partial charge in [0.25, 0.3) is 0 Å². The van der Waals surface area contributed by atoms with Crippen molar-refractivity contribution < 1.29 is 0 Å². The van der Waals surface area contributed by atoms with Crippen molar-refractivity contribution in [3.63, 3.8) is 0 Å². The van der Waals surface area contributed by atoms with Crippen LogP contribution in [0.1, 0.15) is 6.42 Å². The summed E-state index contributed by atoms with van der Waals surface area (Å²) in [5, 5.41) is 0. The van der Waals surface area contributed by atoms with Gasteiger partial charge in [-0.3, -0.25) is 9.98 Å². The van der Waals surface area contributed by atoms with Gasteiger partial charge in [-0.05, 0) is 6.42 Å². The second kappa shape index (κ2) is 3.08. The van der Waals surface area contributed by atoms with E-state index in [9.17, 15) is 0 Å². The van der Waals surface area contributed by atoms with Crippen molar-refractivity contribution in [1.82, 2.24) is 4.90 Å². The molecule has 3 heteroatoms. The van der Waals surface area contributed by atoms with Gasteiger partial charge in [-0.2, -0.15) is 0 Å². The molecule has 3 aliphatic rings.